The highest BCUT2D eigenvalue weighted by molar-refractivity contribution is 7.86. The molecule has 0 radical (unpaired) electrons. The molecule has 1 heterocycles. The number of nitrogens with zero attached hydrogens (tertiary/aromatic N) is 3. The predicted octanol–water partition coefficient (Wildman–Crippen LogP) is 0.755. The summed E-state index contributed by atoms with van der Waals surface area (Å²) < 4.78 is 27.8. The molecule has 0 amide bonds. The van der Waals surface area contributed by atoms with Crippen molar-refractivity contribution in [1.29, 1.82) is 5.26 Å². The van der Waals surface area contributed by atoms with Gasteiger partial charge in [-0.05, 0) is 19.3 Å². The Morgan fingerprint density at radius 2 is 2.14 bits per heavy atom. The summed E-state index contributed by atoms with van der Waals surface area (Å²) in [4.78, 5) is 11.2. The lowest BCUT2D eigenvalue weighted by Crippen LogP contribution is -2.51. The number of carboxylic acids is 1. The Morgan fingerprint density at radius 1 is 1.52 bits per heavy atom. The number of rotatable bonds is 6. The smallest absolute Gasteiger partial charge is 0.307 e. The Kier molecular flexibility index (Phi) is 6.13. The van der Waals surface area contributed by atoms with Crippen LogP contribution < -0.4 is 0 Å². The van der Waals surface area contributed by atoms with Crippen molar-refractivity contribution in [3.05, 3.63) is 0 Å². The molecule has 8 heteroatoms. The van der Waals surface area contributed by atoms with E-state index in [0.717, 1.165) is 0 Å². The monoisotopic (exact) mass is 317 g/mol. The zero-order valence-corrected chi connectivity index (χ0v) is 13.5. The summed E-state index contributed by atoms with van der Waals surface area (Å²) in [6.07, 6.45) is 0.488. The summed E-state index contributed by atoms with van der Waals surface area (Å²) in [7, 11) is -3.73. The number of nitriles is 1. The first-order valence-corrected chi connectivity index (χ1v) is 8.49. The van der Waals surface area contributed by atoms with Crippen molar-refractivity contribution in [3.8, 4) is 6.07 Å². The Morgan fingerprint density at radius 3 is 2.62 bits per heavy atom. The number of piperidine rings is 1. The minimum Gasteiger partial charge on any atom is -0.481 e. The van der Waals surface area contributed by atoms with Crippen LogP contribution in [0.25, 0.3) is 0 Å². The van der Waals surface area contributed by atoms with Crippen LogP contribution in [-0.4, -0.2) is 54.3 Å². The molecule has 21 heavy (non-hydrogen) atoms. The van der Waals surface area contributed by atoms with E-state index in [4.69, 9.17) is 10.4 Å². The van der Waals surface area contributed by atoms with Crippen LogP contribution in [0.1, 0.15) is 27.2 Å². The molecule has 1 rings (SSSR count). The number of aliphatic carboxylic acids is 1. The van der Waals surface area contributed by atoms with E-state index in [0.29, 0.717) is 13.0 Å². The number of hydrogen-bond acceptors (Lipinski definition) is 4. The fourth-order valence-electron chi connectivity index (χ4n) is 2.57. The van der Waals surface area contributed by atoms with Crippen LogP contribution in [0.5, 0.6) is 0 Å². The van der Waals surface area contributed by atoms with Crippen molar-refractivity contribution >= 4 is 16.2 Å². The van der Waals surface area contributed by atoms with Crippen molar-refractivity contribution in [2.45, 2.75) is 27.2 Å². The molecule has 0 saturated carbocycles. The molecule has 0 aromatic heterocycles. The highest BCUT2D eigenvalue weighted by Gasteiger charge is 2.38. The van der Waals surface area contributed by atoms with Crippen LogP contribution in [-0.2, 0) is 15.0 Å². The van der Waals surface area contributed by atoms with E-state index in [9.17, 15) is 13.2 Å². The van der Waals surface area contributed by atoms with Crippen molar-refractivity contribution in [2.24, 2.45) is 17.8 Å². The molecule has 1 N–H and O–H groups in total. The van der Waals surface area contributed by atoms with Gasteiger partial charge >= 0.3 is 5.97 Å². The number of hydrogen-bond donors (Lipinski definition) is 1. The van der Waals surface area contributed by atoms with Gasteiger partial charge < -0.3 is 5.11 Å². The highest BCUT2D eigenvalue weighted by atomic mass is 32.2. The molecule has 7 nitrogen and oxygen atoms in total. The molecule has 120 valence electrons. The normalized spacial score (nSPS) is 25.5. The van der Waals surface area contributed by atoms with Gasteiger partial charge in [-0.25, -0.2) is 0 Å². The molecule has 3 unspecified atom stereocenters. The molecule has 1 saturated heterocycles. The second-order valence-electron chi connectivity index (χ2n) is 5.68. The Balaban J connectivity index is 2.94. The van der Waals surface area contributed by atoms with E-state index in [1.807, 2.05) is 13.0 Å². The van der Waals surface area contributed by atoms with Crippen LogP contribution in [0.15, 0.2) is 0 Å². The van der Waals surface area contributed by atoms with Crippen LogP contribution in [0.3, 0.4) is 0 Å². The third kappa shape index (κ3) is 4.40. The summed E-state index contributed by atoms with van der Waals surface area (Å²) in [6, 6.07) is 2.02. The van der Waals surface area contributed by atoms with Crippen LogP contribution in [0.4, 0.5) is 0 Å². The minimum absolute atomic E-state index is 0.000554. The van der Waals surface area contributed by atoms with Crippen molar-refractivity contribution < 1.29 is 18.3 Å². The van der Waals surface area contributed by atoms with Gasteiger partial charge in [-0.15, -0.1) is 0 Å². The van der Waals surface area contributed by atoms with Gasteiger partial charge in [-0.3, -0.25) is 4.79 Å². The summed E-state index contributed by atoms with van der Waals surface area (Å²) in [6.45, 7) is 5.94. The maximum Gasteiger partial charge on any atom is 0.307 e. The summed E-state index contributed by atoms with van der Waals surface area (Å²) in [5.41, 5.74) is 0. The topological polar surface area (TPSA) is 102 Å². The molecule has 3 atom stereocenters. The maximum atomic E-state index is 12.6. The second-order valence-corrected chi connectivity index (χ2v) is 7.61. The fourth-order valence-corrected chi connectivity index (χ4v) is 4.44. The van der Waals surface area contributed by atoms with E-state index < -0.39 is 28.0 Å². The summed E-state index contributed by atoms with van der Waals surface area (Å²) in [5.74, 6) is -2.04. The molecule has 0 aliphatic carbocycles. The lowest BCUT2D eigenvalue weighted by molar-refractivity contribution is -0.143. The van der Waals surface area contributed by atoms with Gasteiger partial charge in [-0.2, -0.15) is 22.3 Å². The van der Waals surface area contributed by atoms with Crippen LogP contribution in [0, 0.1) is 29.1 Å². The minimum atomic E-state index is -3.73. The van der Waals surface area contributed by atoms with Gasteiger partial charge in [0.05, 0.1) is 17.9 Å². The lowest BCUT2D eigenvalue weighted by Gasteiger charge is -2.36. The highest BCUT2D eigenvalue weighted by Crippen LogP contribution is 2.25. The predicted molar refractivity (Wildman–Crippen MR) is 77.4 cm³/mol. The lowest BCUT2D eigenvalue weighted by atomic mass is 9.92. The maximum absolute atomic E-state index is 12.6. The molecule has 1 fully saturated rings. The zero-order valence-electron chi connectivity index (χ0n) is 12.7. The Labute approximate surface area is 126 Å². The van der Waals surface area contributed by atoms with E-state index in [1.165, 1.54) is 8.61 Å². The second kappa shape index (κ2) is 7.20. The number of carboxylic acid groups (broad SMARTS) is 1. The third-order valence-electron chi connectivity index (χ3n) is 3.68. The van der Waals surface area contributed by atoms with E-state index in [1.54, 1.807) is 13.8 Å². The fraction of sp³-hybridized carbons (Fsp3) is 0.846. The van der Waals surface area contributed by atoms with Crippen molar-refractivity contribution in [1.82, 2.24) is 8.61 Å². The average Bonchev–Trinajstić information content (AvgIpc) is 2.43. The van der Waals surface area contributed by atoms with Gasteiger partial charge in [0.15, 0.2) is 0 Å². The van der Waals surface area contributed by atoms with Gasteiger partial charge in [0.2, 0.25) is 0 Å². The molecule has 0 bridgehead atoms. The first-order valence-electron chi connectivity index (χ1n) is 7.10. The average molecular weight is 317 g/mol. The Hall–Kier alpha value is -1.17. The van der Waals surface area contributed by atoms with Gasteiger partial charge in [-0.1, -0.05) is 13.8 Å². The largest absolute Gasteiger partial charge is 0.481 e. The van der Waals surface area contributed by atoms with Crippen molar-refractivity contribution in [3.63, 3.8) is 0 Å². The first-order chi connectivity index (χ1) is 9.72. The zero-order chi connectivity index (χ0) is 16.2. The molecule has 0 aromatic carbocycles. The molecule has 0 aromatic rings. The quantitative estimate of drug-likeness (QED) is 0.779. The van der Waals surface area contributed by atoms with E-state index in [2.05, 4.69) is 0 Å². The summed E-state index contributed by atoms with van der Waals surface area (Å²) >= 11 is 0. The Bertz CT molecular complexity index is 514. The van der Waals surface area contributed by atoms with Gasteiger partial charge in [0.25, 0.3) is 10.2 Å². The van der Waals surface area contributed by atoms with Crippen LogP contribution in [0.2, 0.25) is 0 Å². The molecule has 1 aliphatic rings. The van der Waals surface area contributed by atoms with Gasteiger partial charge in [0, 0.05) is 26.2 Å². The number of carbonyl (C=O) groups is 1. The first kappa shape index (κ1) is 17.9. The third-order valence-corrected chi connectivity index (χ3v) is 5.69. The van der Waals surface area contributed by atoms with Crippen LogP contribution >= 0.6 is 0 Å². The molecule has 1 aliphatic heterocycles. The van der Waals surface area contributed by atoms with Gasteiger partial charge in [0.1, 0.15) is 0 Å². The van der Waals surface area contributed by atoms with E-state index in [-0.39, 0.29) is 25.6 Å². The molecular weight excluding hydrogens is 294 g/mol. The van der Waals surface area contributed by atoms with Crippen molar-refractivity contribution in [2.75, 3.05) is 26.2 Å². The SMILES string of the molecule is CCN(CC(C)C#N)S(=O)(=O)N1CC(C)CC(C(=O)O)C1. The standard InChI is InChI=1S/C13H23N3O4S/c1-4-15(8-11(3)6-14)21(19,20)16-7-10(2)5-12(9-16)13(17)18/h10-12H,4-5,7-9H2,1-3H3,(H,17,18). The van der Waals surface area contributed by atoms with E-state index >= 15 is 0 Å². The summed E-state index contributed by atoms with van der Waals surface area (Å²) in [5, 5.41) is 18.0. The molecular formula is C13H23N3O4S. The molecule has 0 spiro atoms.